The van der Waals surface area contributed by atoms with Crippen molar-refractivity contribution in [2.45, 2.75) is 19.8 Å². The van der Waals surface area contributed by atoms with Crippen LogP contribution >= 0.6 is 0 Å². The Hall–Kier alpha value is -2.41. The van der Waals surface area contributed by atoms with E-state index < -0.39 is 0 Å². The summed E-state index contributed by atoms with van der Waals surface area (Å²) in [6.07, 6.45) is 0.809. The lowest BCUT2D eigenvalue weighted by atomic mass is 10.2. The molecule has 7 heteroatoms. The van der Waals surface area contributed by atoms with Crippen molar-refractivity contribution in [3.05, 3.63) is 29.8 Å². The van der Waals surface area contributed by atoms with Crippen molar-refractivity contribution in [2.75, 3.05) is 39.1 Å². The Bertz CT molecular complexity index is 557. The summed E-state index contributed by atoms with van der Waals surface area (Å²) in [5, 5.41) is 5.52. The van der Waals surface area contributed by atoms with Gasteiger partial charge in [-0.25, -0.2) is 0 Å². The molecule has 0 aliphatic rings. The van der Waals surface area contributed by atoms with Gasteiger partial charge in [0, 0.05) is 18.7 Å². The predicted octanol–water partition coefficient (Wildman–Crippen LogP) is -0.482. The number of methoxy groups -OCH3 is 1. The second-order valence-electron chi connectivity index (χ2n) is 5.75. The molecule has 132 valence electrons. The van der Waals surface area contributed by atoms with Gasteiger partial charge in [-0.3, -0.25) is 14.4 Å². The first-order chi connectivity index (χ1) is 11.4. The molecule has 0 aliphatic heterocycles. The number of rotatable bonds is 9. The molecule has 7 nitrogen and oxygen atoms in total. The van der Waals surface area contributed by atoms with Gasteiger partial charge in [0.25, 0.3) is 11.8 Å². The van der Waals surface area contributed by atoms with E-state index in [2.05, 4.69) is 15.4 Å². The summed E-state index contributed by atoms with van der Waals surface area (Å²) in [7, 11) is 3.11. The van der Waals surface area contributed by atoms with Gasteiger partial charge in [-0.05, 0) is 25.5 Å². The van der Waals surface area contributed by atoms with Gasteiger partial charge >= 0.3 is 5.97 Å². The topological polar surface area (TPSA) is 88.9 Å². The van der Waals surface area contributed by atoms with E-state index >= 15 is 0 Å². The standard InChI is InChI=1S/C17H25N3O4/c1-13-6-8-14(9-7-13)19-16(22)12-20(2)11-15(21)18-10-4-5-17(23)24-3/h6-9H,4-5,10-12H2,1-3H3,(H,18,21)(H,19,22)/p+1. The number of aryl methyl sites for hydroxylation is 1. The van der Waals surface area contributed by atoms with Crippen LogP contribution in [0.5, 0.6) is 0 Å². The Morgan fingerprint density at radius 3 is 2.33 bits per heavy atom. The van der Waals surface area contributed by atoms with E-state index in [-0.39, 0.29) is 37.3 Å². The second-order valence-corrected chi connectivity index (χ2v) is 5.75. The number of likely N-dealkylation sites (N-methyl/N-ethyl adjacent to an activating group) is 1. The number of ether oxygens (including phenoxy) is 1. The number of quaternary nitrogens is 1. The molecule has 0 saturated heterocycles. The second kappa shape index (κ2) is 10.4. The third-order valence-corrected chi connectivity index (χ3v) is 3.37. The van der Waals surface area contributed by atoms with Gasteiger partial charge in [-0.2, -0.15) is 0 Å². The minimum absolute atomic E-state index is 0.144. The number of carbonyl (C=O) groups is 3. The molecule has 2 amide bonds. The Balaban J connectivity index is 2.23. The van der Waals surface area contributed by atoms with E-state index in [1.54, 1.807) is 7.05 Å². The molecule has 0 heterocycles. The molecule has 1 rings (SSSR count). The lowest BCUT2D eigenvalue weighted by Crippen LogP contribution is -3.11. The Morgan fingerprint density at radius 2 is 1.71 bits per heavy atom. The van der Waals surface area contributed by atoms with Crippen molar-refractivity contribution in [3.63, 3.8) is 0 Å². The molecular weight excluding hydrogens is 310 g/mol. The normalized spacial score (nSPS) is 11.5. The number of anilines is 1. The molecule has 0 fully saturated rings. The minimum Gasteiger partial charge on any atom is -0.469 e. The summed E-state index contributed by atoms with van der Waals surface area (Å²) < 4.78 is 4.52. The third kappa shape index (κ3) is 8.28. The molecule has 0 bridgehead atoms. The minimum atomic E-state index is -0.292. The fourth-order valence-corrected chi connectivity index (χ4v) is 2.08. The van der Waals surface area contributed by atoms with Crippen molar-refractivity contribution in [2.24, 2.45) is 0 Å². The molecule has 0 radical (unpaired) electrons. The van der Waals surface area contributed by atoms with Crippen molar-refractivity contribution >= 4 is 23.5 Å². The van der Waals surface area contributed by atoms with E-state index in [1.165, 1.54) is 7.11 Å². The van der Waals surface area contributed by atoms with E-state index in [0.717, 1.165) is 16.2 Å². The smallest absolute Gasteiger partial charge is 0.305 e. The van der Waals surface area contributed by atoms with Crippen molar-refractivity contribution in [1.82, 2.24) is 5.32 Å². The molecule has 1 aromatic rings. The summed E-state index contributed by atoms with van der Waals surface area (Å²) in [4.78, 5) is 35.4. The molecule has 1 atom stereocenters. The highest BCUT2D eigenvalue weighted by Crippen LogP contribution is 2.07. The van der Waals surface area contributed by atoms with Crippen molar-refractivity contribution in [1.29, 1.82) is 0 Å². The quantitative estimate of drug-likeness (QED) is 0.420. The zero-order valence-corrected chi connectivity index (χ0v) is 14.5. The maximum atomic E-state index is 11.9. The van der Waals surface area contributed by atoms with Gasteiger partial charge in [0.1, 0.15) is 0 Å². The molecule has 3 N–H and O–H groups in total. The fraction of sp³-hybridized carbons (Fsp3) is 0.471. The molecule has 1 aromatic carbocycles. The average molecular weight is 336 g/mol. The van der Waals surface area contributed by atoms with E-state index in [9.17, 15) is 14.4 Å². The Morgan fingerprint density at radius 1 is 1.08 bits per heavy atom. The molecule has 0 spiro atoms. The number of esters is 1. The van der Waals surface area contributed by atoms with Gasteiger partial charge in [-0.15, -0.1) is 0 Å². The molecule has 0 saturated carbocycles. The highest BCUT2D eigenvalue weighted by molar-refractivity contribution is 5.91. The number of hydrogen-bond acceptors (Lipinski definition) is 4. The van der Waals surface area contributed by atoms with Crippen LogP contribution in [0.4, 0.5) is 5.69 Å². The lowest BCUT2D eigenvalue weighted by Gasteiger charge is -2.13. The zero-order valence-electron chi connectivity index (χ0n) is 14.5. The van der Waals surface area contributed by atoms with Crippen LogP contribution in [0.25, 0.3) is 0 Å². The molecule has 0 aromatic heterocycles. The summed E-state index contributed by atoms with van der Waals surface area (Å²) in [6.45, 7) is 2.78. The van der Waals surface area contributed by atoms with Gasteiger partial charge in [0.15, 0.2) is 13.1 Å². The van der Waals surface area contributed by atoms with Gasteiger partial charge in [0.2, 0.25) is 0 Å². The SMILES string of the molecule is COC(=O)CCCNC(=O)C[NH+](C)CC(=O)Nc1ccc(C)cc1. The third-order valence-electron chi connectivity index (χ3n) is 3.37. The van der Waals surface area contributed by atoms with Crippen LogP contribution in [0.2, 0.25) is 0 Å². The lowest BCUT2D eigenvalue weighted by molar-refractivity contribution is -0.862. The number of amides is 2. The maximum Gasteiger partial charge on any atom is 0.305 e. The zero-order chi connectivity index (χ0) is 17.9. The highest BCUT2D eigenvalue weighted by atomic mass is 16.5. The first-order valence-electron chi connectivity index (χ1n) is 7.92. The van der Waals surface area contributed by atoms with Gasteiger partial charge in [-0.1, -0.05) is 17.7 Å². The number of carbonyl (C=O) groups excluding carboxylic acids is 3. The van der Waals surface area contributed by atoms with Crippen LogP contribution in [0, 0.1) is 6.92 Å². The van der Waals surface area contributed by atoms with Gasteiger partial charge in [0.05, 0.1) is 14.2 Å². The monoisotopic (exact) mass is 336 g/mol. The summed E-state index contributed by atoms with van der Waals surface area (Å²) in [6, 6.07) is 7.54. The van der Waals surface area contributed by atoms with Crippen LogP contribution < -0.4 is 15.5 Å². The van der Waals surface area contributed by atoms with E-state index in [4.69, 9.17) is 0 Å². The predicted molar refractivity (Wildman–Crippen MR) is 90.7 cm³/mol. The van der Waals surface area contributed by atoms with Crippen LogP contribution in [0.15, 0.2) is 24.3 Å². The van der Waals surface area contributed by atoms with E-state index in [0.29, 0.717) is 13.0 Å². The molecular formula is C17H26N3O4+. The maximum absolute atomic E-state index is 11.9. The Labute approximate surface area is 142 Å². The van der Waals surface area contributed by atoms with E-state index in [1.807, 2.05) is 31.2 Å². The van der Waals surface area contributed by atoms with Crippen molar-refractivity contribution < 1.29 is 24.0 Å². The van der Waals surface area contributed by atoms with Crippen molar-refractivity contribution in [3.8, 4) is 0 Å². The summed E-state index contributed by atoms with van der Waals surface area (Å²) in [5.74, 6) is -0.588. The van der Waals surface area contributed by atoms with Crippen LogP contribution in [-0.4, -0.2) is 51.6 Å². The highest BCUT2D eigenvalue weighted by Gasteiger charge is 2.14. The summed E-state index contributed by atoms with van der Waals surface area (Å²) in [5.41, 5.74) is 1.87. The number of nitrogens with one attached hydrogen (secondary N) is 3. The molecule has 1 unspecified atom stereocenters. The first kappa shape index (κ1) is 19.6. The Kier molecular flexibility index (Phi) is 8.49. The number of benzene rings is 1. The number of hydrogen-bond donors (Lipinski definition) is 3. The van der Waals surface area contributed by atoms with Crippen LogP contribution in [-0.2, 0) is 19.1 Å². The average Bonchev–Trinajstić information content (AvgIpc) is 2.53. The largest absolute Gasteiger partial charge is 0.469 e. The molecule has 24 heavy (non-hydrogen) atoms. The fourth-order valence-electron chi connectivity index (χ4n) is 2.08. The van der Waals surface area contributed by atoms with Crippen LogP contribution in [0.1, 0.15) is 18.4 Å². The first-order valence-corrected chi connectivity index (χ1v) is 7.92. The molecule has 0 aliphatic carbocycles. The summed E-state index contributed by atoms with van der Waals surface area (Å²) >= 11 is 0. The van der Waals surface area contributed by atoms with Gasteiger partial charge < -0.3 is 20.3 Å². The van der Waals surface area contributed by atoms with Crippen LogP contribution in [0.3, 0.4) is 0 Å².